The molecule has 1 aromatic heterocycles. The molecule has 4 nitrogen and oxygen atoms in total. The number of carbonyl (C=O) groups excluding carboxylic acids is 2. The van der Waals surface area contributed by atoms with Gasteiger partial charge < -0.3 is 9.73 Å². The van der Waals surface area contributed by atoms with E-state index in [2.05, 4.69) is 41.7 Å². The second-order valence-electron chi connectivity index (χ2n) is 7.05. The van der Waals surface area contributed by atoms with Gasteiger partial charge in [-0.15, -0.1) is 0 Å². The Kier molecular flexibility index (Phi) is 4.17. The number of nitrogens with one attached hydrogen (secondary N) is 1. The van der Waals surface area contributed by atoms with Crippen LogP contribution in [0.15, 0.2) is 71.1 Å². The normalized spacial score (nSPS) is 16.8. The maximum Gasteiger partial charge on any atom is 0.287 e. The Morgan fingerprint density at radius 2 is 1.64 bits per heavy atom. The van der Waals surface area contributed by atoms with Crippen LogP contribution < -0.4 is 5.32 Å². The lowest BCUT2D eigenvalue weighted by molar-refractivity contribution is -0.112. The van der Waals surface area contributed by atoms with Gasteiger partial charge in [0.1, 0.15) is 17.4 Å². The van der Waals surface area contributed by atoms with Crippen molar-refractivity contribution in [2.24, 2.45) is 0 Å². The smallest absolute Gasteiger partial charge is 0.287 e. The third-order valence-corrected chi connectivity index (χ3v) is 5.82. The minimum atomic E-state index is -0.445. The van der Waals surface area contributed by atoms with E-state index >= 15 is 0 Å². The molecule has 1 atom stereocenters. The molecule has 4 aromatic rings. The monoisotopic (exact) mass is 387 g/mol. The predicted octanol–water partition coefficient (Wildman–Crippen LogP) is 5.07. The van der Waals surface area contributed by atoms with Crippen LogP contribution in [0, 0.1) is 0 Å². The summed E-state index contributed by atoms with van der Waals surface area (Å²) < 4.78 is 6.01. The third-order valence-electron chi connectivity index (χ3n) is 5.03. The summed E-state index contributed by atoms with van der Waals surface area (Å²) in [7, 11) is 0. The summed E-state index contributed by atoms with van der Waals surface area (Å²) in [6.07, 6.45) is 1.22. The highest BCUT2D eigenvalue weighted by atomic mass is 32.2. The lowest BCUT2D eigenvalue weighted by Crippen LogP contribution is -2.30. The quantitative estimate of drug-likeness (QED) is 0.531. The minimum absolute atomic E-state index is 0.116. The Labute approximate surface area is 165 Å². The number of furan rings is 1. The Hall–Kier alpha value is -3.05. The van der Waals surface area contributed by atoms with E-state index in [4.69, 9.17) is 4.42 Å². The molecule has 0 aliphatic carbocycles. The van der Waals surface area contributed by atoms with Crippen LogP contribution in [0.25, 0.3) is 21.7 Å². The van der Waals surface area contributed by atoms with Crippen LogP contribution in [-0.4, -0.2) is 16.4 Å². The Morgan fingerprint density at radius 3 is 2.46 bits per heavy atom. The van der Waals surface area contributed by atoms with Crippen molar-refractivity contribution in [2.75, 3.05) is 0 Å². The van der Waals surface area contributed by atoms with Gasteiger partial charge in [0.15, 0.2) is 0 Å². The lowest BCUT2D eigenvalue weighted by atomic mass is 10.0. The van der Waals surface area contributed by atoms with Crippen molar-refractivity contribution >= 4 is 43.9 Å². The molecule has 0 saturated carbocycles. The predicted molar refractivity (Wildman–Crippen MR) is 112 cm³/mol. The molecular formula is C23H17NO3S. The SMILES string of the molecule is O=C1NC(Cc2ccc3oc(Cc4ccc5ccccc5c4)cc3c2)C(=O)S1. The molecule has 28 heavy (non-hydrogen) atoms. The maximum atomic E-state index is 11.8. The largest absolute Gasteiger partial charge is 0.461 e. The molecule has 1 aliphatic heterocycles. The van der Waals surface area contributed by atoms with Crippen LogP contribution in [0.4, 0.5) is 4.79 Å². The van der Waals surface area contributed by atoms with E-state index < -0.39 is 6.04 Å². The van der Waals surface area contributed by atoms with Crippen molar-refractivity contribution in [2.45, 2.75) is 18.9 Å². The number of hydrogen-bond donors (Lipinski definition) is 1. The fourth-order valence-corrected chi connectivity index (χ4v) is 4.34. The molecule has 1 fully saturated rings. The molecule has 1 aliphatic rings. The molecule has 1 unspecified atom stereocenters. The summed E-state index contributed by atoms with van der Waals surface area (Å²) in [5.41, 5.74) is 3.04. The van der Waals surface area contributed by atoms with Crippen LogP contribution in [-0.2, 0) is 17.6 Å². The van der Waals surface area contributed by atoms with Gasteiger partial charge >= 0.3 is 0 Å². The van der Waals surface area contributed by atoms with Crippen molar-refractivity contribution in [3.05, 3.63) is 83.6 Å². The topological polar surface area (TPSA) is 59.3 Å². The molecule has 2 heterocycles. The van der Waals surface area contributed by atoms with E-state index in [0.29, 0.717) is 6.42 Å². The van der Waals surface area contributed by atoms with Gasteiger partial charge in [0.2, 0.25) is 5.12 Å². The number of carbonyl (C=O) groups is 2. The molecule has 1 N–H and O–H groups in total. The van der Waals surface area contributed by atoms with E-state index in [-0.39, 0.29) is 10.4 Å². The van der Waals surface area contributed by atoms with Gasteiger partial charge in [0.25, 0.3) is 5.24 Å². The van der Waals surface area contributed by atoms with Crippen LogP contribution >= 0.6 is 11.8 Å². The van der Waals surface area contributed by atoms with E-state index in [1.807, 2.05) is 30.3 Å². The average Bonchev–Trinajstić information content (AvgIpc) is 3.23. The van der Waals surface area contributed by atoms with Crippen molar-refractivity contribution in [1.82, 2.24) is 5.32 Å². The van der Waals surface area contributed by atoms with Gasteiger partial charge in [0.05, 0.1) is 0 Å². The molecule has 5 heteroatoms. The molecule has 1 saturated heterocycles. The molecule has 5 rings (SSSR count). The van der Waals surface area contributed by atoms with Gasteiger partial charge in [0, 0.05) is 30.0 Å². The fraction of sp³-hybridized carbons (Fsp3) is 0.130. The summed E-state index contributed by atoms with van der Waals surface area (Å²) in [6, 6.07) is 22.3. The van der Waals surface area contributed by atoms with Crippen LogP contribution in [0.2, 0.25) is 0 Å². The number of hydrogen-bond acceptors (Lipinski definition) is 4. The summed E-state index contributed by atoms with van der Waals surface area (Å²) >= 11 is 0.750. The maximum absolute atomic E-state index is 11.8. The van der Waals surface area contributed by atoms with E-state index in [9.17, 15) is 9.59 Å². The van der Waals surface area contributed by atoms with E-state index in [1.54, 1.807) is 0 Å². The van der Waals surface area contributed by atoms with Gasteiger partial charge in [-0.25, -0.2) is 0 Å². The summed E-state index contributed by atoms with van der Waals surface area (Å²) in [5, 5.41) is 5.78. The molecule has 138 valence electrons. The summed E-state index contributed by atoms with van der Waals surface area (Å²) in [6.45, 7) is 0. The van der Waals surface area contributed by atoms with Gasteiger partial charge in [-0.1, -0.05) is 48.5 Å². The molecule has 1 amide bonds. The van der Waals surface area contributed by atoms with Crippen molar-refractivity contribution in [3.63, 3.8) is 0 Å². The molecule has 0 radical (unpaired) electrons. The van der Waals surface area contributed by atoms with Gasteiger partial charge in [-0.3, -0.25) is 9.59 Å². The fourth-order valence-electron chi connectivity index (χ4n) is 3.68. The zero-order valence-electron chi connectivity index (χ0n) is 15.0. The lowest BCUT2D eigenvalue weighted by Gasteiger charge is -2.07. The van der Waals surface area contributed by atoms with Gasteiger partial charge in [-0.2, -0.15) is 0 Å². The van der Waals surface area contributed by atoms with Crippen LogP contribution in [0.1, 0.15) is 16.9 Å². The summed E-state index contributed by atoms with van der Waals surface area (Å²) in [5.74, 6) is 0.906. The average molecular weight is 387 g/mol. The first-order valence-corrected chi connectivity index (χ1v) is 9.97. The number of fused-ring (bicyclic) bond motifs is 2. The Bertz CT molecular complexity index is 1230. The number of benzene rings is 3. The standard InChI is InChI=1S/C23H17NO3S/c25-22-20(24-23(26)28-22)12-15-6-8-21-18(10-15)13-19(27-21)11-14-5-7-16-3-1-2-4-17(16)9-14/h1-10,13,20H,11-12H2,(H,24,26). The van der Waals surface area contributed by atoms with Crippen LogP contribution in [0.3, 0.4) is 0 Å². The van der Waals surface area contributed by atoms with Crippen molar-refractivity contribution in [1.29, 1.82) is 0 Å². The zero-order valence-corrected chi connectivity index (χ0v) is 15.8. The van der Waals surface area contributed by atoms with Crippen molar-refractivity contribution < 1.29 is 14.0 Å². The highest BCUT2D eigenvalue weighted by Gasteiger charge is 2.31. The first-order chi connectivity index (χ1) is 13.6. The second-order valence-corrected chi connectivity index (χ2v) is 8.03. The molecule has 3 aromatic carbocycles. The number of thioether (sulfide) groups is 1. The molecule has 0 spiro atoms. The third kappa shape index (κ3) is 3.29. The Morgan fingerprint density at radius 1 is 0.857 bits per heavy atom. The van der Waals surface area contributed by atoms with Crippen molar-refractivity contribution in [3.8, 4) is 0 Å². The number of rotatable bonds is 4. The molecular weight excluding hydrogens is 370 g/mol. The Balaban J connectivity index is 1.38. The van der Waals surface area contributed by atoms with E-state index in [0.717, 1.165) is 40.5 Å². The van der Waals surface area contributed by atoms with Crippen LogP contribution in [0.5, 0.6) is 0 Å². The zero-order chi connectivity index (χ0) is 19.1. The van der Waals surface area contributed by atoms with E-state index in [1.165, 1.54) is 16.3 Å². The molecule has 0 bridgehead atoms. The summed E-state index contributed by atoms with van der Waals surface area (Å²) in [4.78, 5) is 23.2. The van der Waals surface area contributed by atoms with Gasteiger partial charge in [-0.05, 0) is 40.1 Å². The highest BCUT2D eigenvalue weighted by molar-refractivity contribution is 8.26. The first kappa shape index (κ1) is 17.1. The highest BCUT2D eigenvalue weighted by Crippen LogP contribution is 2.26. The minimum Gasteiger partial charge on any atom is -0.461 e. The number of amides is 1. The second kappa shape index (κ2) is 6.84. The first-order valence-electron chi connectivity index (χ1n) is 9.15.